The molecule has 1 unspecified atom stereocenters. The van der Waals surface area contributed by atoms with Gasteiger partial charge in [0.15, 0.2) is 5.69 Å². The van der Waals surface area contributed by atoms with Crippen molar-refractivity contribution in [2.45, 2.75) is 58.2 Å². The summed E-state index contributed by atoms with van der Waals surface area (Å²) in [5.74, 6) is 0.588. The third kappa shape index (κ3) is 4.10. The molecule has 8 heteroatoms. The van der Waals surface area contributed by atoms with Crippen molar-refractivity contribution in [1.29, 1.82) is 0 Å². The molecule has 2 aromatic rings. The predicted molar refractivity (Wildman–Crippen MR) is 115 cm³/mol. The molecule has 30 heavy (non-hydrogen) atoms. The van der Waals surface area contributed by atoms with Gasteiger partial charge in [0.25, 0.3) is 0 Å². The summed E-state index contributed by atoms with van der Waals surface area (Å²) >= 11 is 3.43. The van der Waals surface area contributed by atoms with Gasteiger partial charge in [0, 0.05) is 16.1 Å². The molecule has 7 nitrogen and oxygen atoms in total. The van der Waals surface area contributed by atoms with Gasteiger partial charge in [-0.15, -0.1) is 0 Å². The normalized spacial score (nSPS) is 22.6. The first-order chi connectivity index (χ1) is 14.2. The molecule has 160 valence electrons. The van der Waals surface area contributed by atoms with Crippen LogP contribution < -0.4 is 0 Å². The summed E-state index contributed by atoms with van der Waals surface area (Å²) in [5.41, 5.74) is 1.06. The number of esters is 1. The minimum Gasteiger partial charge on any atom is -0.461 e. The van der Waals surface area contributed by atoms with Gasteiger partial charge in [0.05, 0.1) is 12.6 Å². The van der Waals surface area contributed by atoms with Crippen molar-refractivity contribution in [3.63, 3.8) is 0 Å². The number of piperidine rings is 1. The first-order valence-electron chi connectivity index (χ1n) is 10.2. The number of rotatable bonds is 4. The lowest BCUT2D eigenvalue weighted by atomic mass is 10.1. The van der Waals surface area contributed by atoms with E-state index in [4.69, 9.17) is 14.5 Å². The molecule has 2 fully saturated rings. The van der Waals surface area contributed by atoms with Gasteiger partial charge in [-0.2, -0.15) is 0 Å². The van der Waals surface area contributed by atoms with Crippen LogP contribution in [0.25, 0.3) is 11.3 Å². The molecule has 1 N–H and O–H groups in total. The second kappa shape index (κ2) is 7.72. The summed E-state index contributed by atoms with van der Waals surface area (Å²) < 4.78 is 11.8. The smallest absolute Gasteiger partial charge is 0.411 e. The minimum atomic E-state index is -0.573. The standard InChI is InChI=1S/C22H26BrN3O4/c1-5-29-20(27)18-17(12-6-8-14(23)9-7-12)24-19(25-18)16-11-13-10-15(13)26(16)21(28)30-22(2,3)4/h6-9,13,15-16H,5,10-11H2,1-4H3,(H,24,25)/t13-,15?,16+/m1/s1. The van der Waals surface area contributed by atoms with Crippen LogP contribution in [0.5, 0.6) is 0 Å². The van der Waals surface area contributed by atoms with Gasteiger partial charge in [-0.3, -0.25) is 4.90 Å². The fourth-order valence-electron chi connectivity index (χ4n) is 3.99. The van der Waals surface area contributed by atoms with E-state index in [0.29, 0.717) is 23.1 Å². The van der Waals surface area contributed by atoms with Crippen molar-refractivity contribution in [2.24, 2.45) is 5.92 Å². The van der Waals surface area contributed by atoms with E-state index in [2.05, 4.69) is 20.9 Å². The number of nitrogens with zero attached hydrogens (tertiary/aromatic N) is 2. The number of imidazole rings is 1. The Morgan fingerprint density at radius 3 is 2.57 bits per heavy atom. The van der Waals surface area contributed by atoms with E-state index in [-0.39, 0.29) is 24.8 Å². The molecule has 1 aromatic carbocycles. The average molecular weight is 476 g/mol. The average Bonchev–Trinajstić information content (AvgIpc) is 3.12. The van der Waals surface area contributed by atoms with Gasteiger partial charge < -0.3 is 14.5 Å². The lowest BCUT2D eigenvalue weighted by Gasteiger charge is -2.29. The van der Waals surface area contributed by atoms with Crippen molar-refractivity contribution in [2.75, 3.05) is 6.61 Å². The Bertz CT molecular complexity index is 964. The number of carbonyl (C=O) groups excluding carboxylic acids is 2. The summed E-state index contributed by atoms with van der Waals surface area (Å²) in [5, 5.41) is 0. The van der Waals surface area contributed by atoms with Crippen LogP contribution in [-0.4, -0.2) is 45.2 Å². The van der Waals surface area contributed by atoms with Gasteiger partial charge in [-0.05, 0) is 58.6 Å². The first-order valence-corrected chi connectivity index (χ1v) is 11.0. The number of hydrogen-bond acceptors (Lipinski definition) is 5. The topological polar surface area (TPSA) is 84.5 Å². The van der Waals surface area contributed by atoms with Crippen LogP contribution in [0.15, 0.2) is 28.7 Å². The van der Waals surface area contributed by atoms with Crippen molar-refractivity contribution < 1.29 is 19.1 Å². The van der Waals surface area contributed by atoms with E-state index in [1.807, 2.05) is 45.0 Å². The highest BCUT2D eigenvalue weighted by atomic mass is 79.9. The molecule has 2 aliphatic rings. The first kappa shape index (κ1) is 20.9. The number of amides is 1. The highest BCUT2D eigenvalue weighted by Gasteiger charge is 2.56. The van der Waals surface area contributed by atoms with Gasteiger partial charge in [-0.25, -0.2) is 14.6 Å². The molecule has 1 saturated carbocycles. The summed E-state index contributed by atoms with van der Waals surface area (Å²) in [7, 11) is 0. The van der Waals surface area contributed by atoms with Gasteiger partial charge >= 0.3 is 12.1 Å². The Hall–Kier alpha value is -2.35. The van der Waals surface area contributed by atoms with E-state index < -0.39 is 11.6 Å². The quantitative estimate of drug-likeness (QED) is 0.622. The van der Waals surface area contributed by atoms with Crippen molar-refractivity contribution in [3.8, 4) is 11.3 Å². The van der Waals surface area contributed by atoms with E-state index in [1.54, 1.807) is 11.8 Å². The minimum absolute atomic E-state index is 0.178. The van der Waals surface area contributed by atoms with E-state index >= 15 is 0 Å². The molecular formula is C22H26BrN3O4. The van der Waals surface area contributed by atoms with Crippen LogP contribution in [-0.2, 0) is 9.47 Å². The molecular weight excluding hydrogens is 450 g/mol. The Kier molecular flexibility index (Phi) is 5.38. The third-order valence-electron chi connectivity index (χ3n) is 5.34. The Morgan fingerprint density at radius 2 is 1.93 bits per heavy atom. The lowest BCUT2D eigenvalue weighted by molar-refractivity contribution is 0.0175. The second-order valence-corrected chi connectivity index (χ2v) is 9.69. The number of nitrogens with one attached hydrogen (secondary N) is 1. The van der Waals surface area contributed by atoms with Crippen molar-refractivity contribution in [1.82, 2.24) is 14.9 Å². The Labute approximate surface area is 184 Å². The summed E-state index contributed by atoms with van der Waals surface area (Å²) in [4.78, 5) is 35.2. The largest absolute Gasteiger partial charge is 0.461 e. The van der Waals surface area contributed by atoms with Crippen molar-refractivity contribution in [3.05, 3.63) is 40.3 Å². The highest BCUT2D eigenvalue weighted by Crippen LogP contribution is 2.53. The van der Waals surface area contributed by atoms with Crippen LogP contribution >= 0.6 is 15.9 Å². The zero-order valence-electron chi connectivity index (χ0n) is 17.6. The number of carbonyl (C=O) groups is 2. The lowest BCUT2D eigenvalue weighted by Crippen LogP contribution is -2.38. The summed E-state index contributed by atoms with van der Waals surface area (Å²) in [6.45, 7) is 7.61. The number of benzene rings is 1. The fraction of sp³-hybridized carbons (Fsp3) is 0.500. The van der Waals surface area contributed by atoms with Crippen LogP contribution in [0.3, 0.4) is 0 Å². The van der Waals surface area contributed by atoms with E-state index in [9.17, 15) is 9.59 Å². The molecule has 0 spiro atoms. The van der Waals surface area contributed by atoms with E-state index in [1.165, 1.54) is 0 Å². The second-order valence-electron chi connectivity index (χ2n) is 8.78. The number of aromatic nitrogens is 2. The molecule has 4 rings (SSSR count). The van der Waals surface area contributed by atoms with E-state index in [0.717, 1.165) is 22.9 Å². The molecule has 1 aromatic heterocycles. The molecule has 0 radical (unpaired) electrons. The zero-order chi connectivity index (χ0) is 21.6. The monoisotopic (exact) mass is 475 g/mol. The maximum Gasteiger partial charge on any atom is 0.411 e. The molecule has 1 aliphatic heterocycles. The molecule has 3 atom stereocenters. The van der Waals surface area contributed by atoms with Crippen LogP contribution in [0.4, 0.5) is 4.79 Å². The number of ether oxygens (including phenoxy) is 2. The molecule has 1 aliphatic carbocycles. The molecule has 2 heterocycles. The number of hydrogen-bond donors (Lipinski definition) is 1. The van der Waals surface area contributed by atoms with Crippen LogP contribution in [0.2, 0.25) is 0 Å². The molecule has 1 amide bonds. The third-order valence-corrected chi connectivity index (χ3v) is 5.87. The van der Waals surface area contributed by atoms with Crippen LogP contribution in [0, 0.1) is 5.92 Å². The van der Waals surface area contributed by atoms with Crippen molar-refractivity contribution >= 4 is 28.0 Å². The van der Waals surface area contributed by atoms with Gasteiger partial charge in [-0.1, -0.05) is 28.1 Å². The number of H-pyrrole nitrogens is 1. The Morgan fingerprint density at radius 1 is 1.23 bits per heavy atom. The Balaban J connectivity index is 1.70. The number of fused-ring (bicyclic) bond motifs is 1. The fourth-order valence-corrected chi connectivity index (χ4v) is 4.26. The summed E-state index contributed by atoms with van der Waals surface area (Å²) in [6, 6.07) is 7.51. The molecule has 1 saturated heterocycles. The predicted octanol–water partition coefficient (Wildman–Crippen LogP) is 5.09. The zero-order valence-corrected chi connectivity index (χ0v) is 19.2. The number of likely N-dealkylation sites (tertiary alicyclic amines) is 1. The molecule has 0 bridgehead atoms. The maximum absolute atomic E-state index is 12.9. The number of halogens is 1. The van der Waals surface area contributed by atoms with Gasteiger partial charge in [0.1, 0.15) is 17.1 Å². The number of aromatic amines is 1. The maximum atomic E-state index is 12.9. The SMILES string of the molecule is CCOC(=O)c1[nH]c([C@@H]2C[C@H]3CC3N2C(=O)OC(C)(C)C)nc1-c1ccc(Br)cc1. The highest BCUT2D eigenvalue weighted by molar-refractivity contribution is 9.10. The van der Waals surface area contributed by atoms with Crippen LogP contribution in [0.1, 0.15) is 62.9 Å². The van der Waals surface area contributed by atoms with Gasteiger partial charge in [0.2, 0.25) is 0 Å². The summed E-state index contributed by atoms with van der Waals surface area (Å²) in [6.07, 6.45) is 1.46.